The van der Waals surface area contributed by atoms with E-state index in [0.717, 1.165) is 0 Å². The third-order valence-electron chi connectivity index (χ3n) is 3.93. The highest BCUT2D eigenvalue weighted by molar-refractivity contribution is 7.92. The summed E-state index contributed by atoms with van der Waals surface area (Å²) in [6.45, 7) is 4.81. The van der Waals surface area contributed by atoms with Crippen LogP contribution in [0.2, 0.25) is 0 Å². The number of amides is 1. The molecular weight excluding hydrogens is 376 g/mol. The molecule has 1 aromatic heterocycles. The Kier molecular flexibility index (Phi) is 5.79. The molecule has 3 aromatic rings. The predicted octanol–water partition coefficient (Wildman–Crippen LogP) is 3.59. The van der Waals surface area contributed by atoms with E-state index in [0.29, 0.717) is 29.5 Å². The van der Waals surface area contributed by atoms with E-state index in [-0.39, 0.29) is 10.8 Å². The zero-order valence-electron chi connectivity index (χ0n) is 15.7. The minimum atomic E-state index is -3.72. The first-order chi connectivity index (χ1) is 13.3. The Hall–Kier alpha value is -3.13. The van der Waals surface area contributed by atoms with Crippen molar-refractivity contribution < 1.29 is 13.2 Å². The number of carbonyl (C=O) groups is 1. The zero-order chi connectivity index (χ0) is 20.1. The van der Waals surface area contributed by atoms with Crippen LogP contribution in [0.25, 0.3) is 0 Å². The van der Waals surface area contributed by atoms with Crippen molar-refractivity contribution in [1.29, 1.82) is 0 Å². The van der Waals surface area contributed by atoms with Gasteiger partial charge in [-0.15, -0.1) is 0 Å². The van der Waals surface area contributed by atoms with Crippen molar-refractivity contribution in [2.45, 2.75) is 25.3 Å². The van der Waals surface area contributed by atoms with Gasteiger partial charge >= 0.3 is 0 Å². The fourth-order valence-corrected chi connectivity index (χ4v) is 3.73. The van der Waals surface area contributed by atoms with Gasteiger partial charge in [-0.3, -0.25) is 9.52 Å². The lowest BCUT2D eigenvalue weighted by molar-refractivity contribution is 0.102. The average molecular weight is 398 g/mol. The second-order valence-electron chi connectivity index (χ2n) is 6.75. The van der Waals surface area contributed by atoms with Gasteiger partial charge in [0.1, 0.15) is 5.82 Å². The number of nitrogens with zero attached hydrogens (tertiary/aromatic N) is 2. The molecule has 0 spiro atoms. The zero-order valence-corrected chi connectivity index (χ0v) is 16.5. The highest BCUT2D eigenvalue weighted by Gasteiger charge is 2.15. The summed E-state index contributed by atoms with van der Waals surface area (Å²) in [6.07, 6.45) is 1.63. The molecule has 146 valence electrons. The van der Waals surface area contributed by atoms with Crippen LogP contribution in [0.1, 0.15) is 24.2 Å². The minimum absolute atomic E-state index is 0.155. The molecular formula is C20H22N4O3S. The van der Waals surface area contributed by atoms with Crippen LogP contribution in [0.5, 0.6) is 0 Å². The topological polar surface area (TPSA) is 93.1 Å². The van der Waals surface area contributed by atoms with E-state index in [4.69, 9.17) is 0 Å². The van der Waals surface area contributed by atoms with E-state index >= 15 is 0 Å². The van der Waals surface area contributed by atoms with Gasteiger partial charge < -0.3 is 5.32 Å². The summed E-state index contributed by atoms with van der Waals surface area (Å²) >= 11 is 0. The number of rotatable bonds is 7. The number of nitrogens with one attached hydrogen (secondary N) is 2. The maximum absolute atomic E-state index is 12.6. The van der Waals surface area contributed by atoms with Crippen molar-refractivity contribution in [1.82, 2.24) is 9.78 Å². The number of anilines is 2. The number of aromatic nitrogens is 2. The van der Waals surface area contributed by atoms with Crippen LogP contribution >= 0.6 is 0 Å². The van der Waals surface area contributed by atoms with Crippen LogP contribution in [0, 0.1) is 5.92 Å². The summed E-state index contributed by atoms with van der Waals surface area (Å²) in [5.41, 5.74) is 0.651. The standard InChI is InChI=1S/C20H22N4O3S/c1-15(2)14-24-19(11-12-21-24)22-20(25)16-7-6-8-17(13-16)23-28(26,27)18-9-4-3-5-10-18/h3-13,15,23H,14H2,1-2H3,(H,22,25). The molecule has 3 rings (SSSR count). The summed E-state index contributed by atoms with van der Waals surface area (Å²) in [7, 11) is -3.72. The van der Waals surface area contributed by atoms with E-state index < -0.39 is 10.0 Å². The Morgan fingerprint density at radius 3 is 2.54 bits per heavy atom. The summed E-state index contributed by atoms with van der Waals surface area (Å²) in [5.74, 6) is 0.631. The predicted molar refractivity (Wildman–Crippen MR) is 109 cm³/mol. The molecule has 7 nitrogen and oxygen atoms in total. The average Bonchev–Trinajstić information content (AvgIpc) is 3.08. The van der Waals surface area contributed by atoms with Gasteiger partial charge in [0.05, 0.1) is 11.1 Å². The molecule has 1 amide bonds. The molecule has 0 atom stereocenters. The van der Waals surface area contributed by atoms with Crippen molar-refractivity contribution >= 4 is 27.4 Å². The Morgan fingerprint density at radius 1 is 1.07 bits per heavy atom. The Labute approximate surface area is 164 Å². The van der Waals surface area contributed by atoms with E-state index in [2.05, 4.69) is 29.0 Å². The molecule has 2 aromatic carbocycles. The fourth-order valence-electron chi connectivity index (χ4n) is 2.66. The van der Waals surface area contributed by atoms with Gasteiger partial charge in [0.15, 0.2) is 0 Å². The van der Waals surface area contributed by atoms with Gasteiger partial charge in [-0.2, -0.15) is 5.10 Å². The number of benzene rings is 2. The lowest BCUT2D eigenvalue weighted by Crippen LogP contribution is -2.18. The van der Waals surface area contributed by atoms with E-state index in [1.807, 2.05) is 0 Å². The highest BCUT2D eigenvalue weighted by atomic mass is 32.2. The molecule has 0 saturated carbocycles. The third-order valence-corrected chi connectivity index (χ3v) is 5.32. The second-order valence-corrected chi connectivity index (χ2v) is 8.43. The van der Waals surface area contributed by atoms with Crippen molar-refractivity contribution in [3.8, 4) is 0 Å². The fraction of sp³-hybridized carbons (Fsp3) is 0.200. The molecule has 0 fully saturated rings. The first-order valence-electron chi connectivity index (χ1n) is 8.86. The van der Waals surface area contributed by atoms with Crippen LogP contribution in [0.3, 0.4) is 0 Å². The lowest BCUT2D eigenvalue weighted by atomic mass is 10.2. The Balaban J connectivity index is 1.76. The molecule has 1 heterocycles. The second kappa shape index (κ2) is 8.26. The van der Waals surface area contributed by atoms with Gasteiger partial charge in [0.25, 0.3) is 15.9 Å². The molecule has 0 unspecified atom stereocenters. The summed E-state index contributed by atoms with van der Waals surface area (Å²) in [6, 6.07) is 16.1. The maximum Gasteiger partial charge on any atom is 0.261 e. The molecule has 0 aliphatic rings. The molecule has 0 saturated heterocycles. The van der Waals surface area contributed by atoms with E-state index in [9.17, 15) is 13.2 Å². The summed E-state index contributed by atoms with van der Waals surface area (Å²) in [4.78, 5) is 12.8. The molecule has 0 aliphatic carbocycles. The van der Waals surface area contributed by atoms with Gasteiger partial charge in [0.2, 0.25) is 0 Å². The van der Waals surface area contributed by atoms with Crippen LogP contribution in [-0.4, -0.2) is 24.1 Å². The quantitative estimate of drug-likeness (QED) is 0.636. The summed E-state index contributed by atoms with van der Waals surface area (Å²) < 4.78 is 29.2. The third kappa shape index (κ3) is 4.77. The van der Waals surface area contributed by atoms with Gasteiger partial charge in [-0.25, -0.2) is 13.1 Å². The number of carbonyl (C=O) groups excluding carboxylic acids is 1. The Morgan fingerprint density at radius 2 is 1.82 bits per heavy atom. The summed E-state index contributed by atoms with van der Waals surface area (Å²) in [5, 5.41) is 7.03. The molecule has 2 N–H and O–H groups in total. The number of hydrogen-bond acceptors (Lipinski definition) is 4. The van der Waals surface area contributed by atoms with Gasteiger partial charge in [-0.1, -0.05) is 38.1 Å². The van der Waals surface area contributed by atoms with Gasteiger partial charge in [-0.05, 0) is 36.2 Å². The molecule has 28 heavy (non-hydrogen) atoms. The number of sulfonamides is 1. The highest BCUT2D eigenvalue weighted by Crippen LogP contribution is 2.18. The van der Waals surface area contributed by atoms with Crippen LogP contribution in [-0.2, 0) is 16.6 Å². The minimum Gasteiger partial charge on any atom is -0.307 e. The largest absolute Gasteiger partial charge is 0.307 e. The van der Waals surface area contributed by atoms with Crippen LogP contribution in [0.4, 0.5) is 11.5 Å². The number of hydrogen-bond donors (Lipinski definition) is 2. The Bertz CT molecular complexity index is 1060. The molecule has 0 aliphatic heterocycles. The van der Waals surface area contributed by atoms with Crippen LogP contribution < -0.4 is 10.0 Å². The van der Waals surface area contributed by atoms with Gasteiger partial charge in [0, 0.05) is 23.9 Å². The van der Waals surface area contributed by atoms with E-state index in [1.54, 1.807) is 53.3 Å². The molecule has 0 bridgehead atoms. The van der Waals surface area contributed by atoms with Crippen molar-refractivity contribution in [2.75, 3.05) is 10.0 Å². The smallest absolute Gasteiger partial charge is 0.261 e. The van der Waals surface area contributed by atoms with E-state index in [1.165, 1.54) is 18.2 Å². The molecule has 8 heteroatoms. The van der Waals surface area contributed by atoms with Crippen molar-refractivity contribution in [3.05, 3.63) is 72.4 Å². The SMILES string of the molecule is CC(C)Cn1nccc1NC(=O)c1cccc(NS(=O)(=O)c2ccccc2)c1. The normalized spacial score (nSPS) is 11.4. The molecule has 0 radical (unpaired) electrons. The van der Waals surface area contributed by atoms with Crippen molar-refractivity contribution in [3.63, 3.8) is 0 Å². The van der Waals surface area contributed by atoms with Crippen molar-refractivity contribution in [2.24, 2.45) is 5.92 Å². The lowest BCUT2D eigenvalue weighted by Gasteiger charge is -2.12. The maximum atomic E-state index is 12.6. The first-order valence-corrected chi connectivity index (χ1v) is 10.3. The first kappa shape index (κ1) is 19.6. The monoisotopic (exact) mass is 398 g/mol. The van der Waals surface area contributed by atoms with Crippen LogP contribution in [0.15, 0.2) is 71.8 Å².